The maximum absolute atomic E-state index is 12.5. The molecule has 0 aliphatic rings. The molecule has 0 radical (unpaired) electrons. The van der Waals surface area contributed by atoms with Gasteiger partial charge >= 0.3 is 0 Å². The Morgan fingerprint density at radius 2 is 1.61 bits per heavy atom. The van der Waals surface area contributed by atoms with Gasteiger partial charge in [0.25, 0.3) is 0 Å². The number of aromatic amines is 1. The summed E-state index contributed by atoms with van der Waals surface area (Å²) in [6.45, 7) is 0.884. The Hall–Kier alpha value is -2.83. The molecule has 0 spiro atoms. The highest BCUT2D eigenvalue weighted by Crippen LogP contribution is 2.30. The molecule has 0 amide bonds. The van der Waals surface area contributed by atoms with Gasteiger partial charge in [0.1, 0.15) is 0 Å². The van der Waals surface area contributed by atoms with Crippen LogP contribution in [0.5, 0.6) is 0 Å². The molecule has 6 heteroatoms. The van der Waals surface area contributed by atoms with Crippen LogP contribution in [-0.4, -0.2) is 25.8 Å². The third kappa shape index (κ3) is 4.18. The lowest BCUT2D eigenvalue weighted by molar-refractivity contribution is 0.122. The normalized spacial score (nSPS) is 11.9. The van der Waals surface area contributed by atoms with Crippen LogP contribution in [0.4, 0.5) is 5.69 Å². The molecule has 0 fully saturated rings. The molecule has 1 aromatic heterocycles. The SMILES string of the molecule is O=S(=O)(CCCOCc1ccccc1)Nc1cccc2c1[nH]c1ccccc12. The van der Waals surface area contributed by atoms with E-state index < -0.39 is 10.0 Å². The van der Waals surface area contributed by atoms with Crippen molar-refractivity contribution in [3.05, 3.63) is 78.4 Å². The molecule has 1 heterocycles. The Bertz CT molecular complexity index is 1180. The second kappa shape index (κ2) is 8.04. The molecule has 0 aliphatic carbocycles. The number of rotatable bonds is 8. The van der Waals surface area contributed by atoms with E-state index in [0.717, 1.165) is 27.4 Å². The lowest BCUT2D eigenvalue weighted by Crippen LogP contribution is -2.18. The van der Waals surface area contributed by atoms with Crippen LogP contribution in [0.1, 0.15) is 12.0 Å². The molecule has 3 aromatic carbocycles. The second-order valence-corrected chi connectivity index (χ2v) is 8.55. The van der Waals surface area contributed by atoms with Crippen LogP contribution in [0.2, 0.25) is 0 Å². The maximum Gasteiger partial charge on any atom is 0.232 e. The Balaban J connectivity index is 1.39. The summed E-state index contributed by atoms with van der Waals surface area (Å²) in [5, 5.41) is 2.08. The van der Waals surface area contributed by atoms with Crippen LogP contribution in [-0.2, 0) is 21.4 Å². The van der Waals surface area contributed by atoms with Crippen molar-refractivity contribution in [2.45, 2.75) is 13.0 Å². The van der Waals surface area contributed by atoms with Crippen molar-refractivity contribution in [1.82, 2.24) is 4.98 Å². The Kier molecular flexibility index (Phi) is 5.32. The Morgan fingerprint density at radius 1 is 0.857 bits per heavy atom. The van der Waals surface area contributed by atoms with Crippen LogP contribution in [0.3, 0.4) is 0 Å². The summed E-state index contributed by atoms with van der Waals surface area (Å²) in [4.78, 5) is 3.31. The van der Waals surface area contributed by atoms with E-state index in [4.69, 9.17) is 4.74 Å². The molecular weight excluding hydrogens is 372 g/mol. The van der Waals surface area contributed by atoms with Gasteiger partial charge in [0.15, 0.2) is 0 Å². The van der Waals surface area contributed by atoms with Gasteiger partial charge < -0.3 is 9.72 Å². The summed E-state index contributed by atoms with van der Waals surface area (Å²) in [5.41, 5.74) is 3.43. The lowest BCUT2D eigenvalue weighted by atomic mass is 10.1. The van der Waals surface area contributed by atoms with E-state index in [-0.39, 0.29) is 5.75 Å². The number of para-hydroxylation sites is 2. The van der Waals surface area contributed by atoms with Gasteiger partial charge in [0, 0.05) is 22.9 Å². The van der Waals surface area contributed by atoms with Gasteiger partial charge in [0.05, 0.1) is 23.6 Å². The van der Waals surface area contributed by atoms with Gasteiger partial charge in [-0.2, -0.15) is 0 Å². The van der Waals surface area contributed by atoms with Crippen molar-refractivity contribution in [2.24, 2.45) is 0 Å². The first-order chi connectivity index (χ1) is 13.6. The average molecular weight is 394 g/mol. The van der Waals surface area contributed by atoms with E-state index >= 15 is 0 Å². The first kappa shape index (κ1) is 18.5. The summed E-state index contributed by atoms with van der Waals surface area (Å²) in [5.74, 6) is 0.0123. The van der Waals surface area contributed by atoms with Crippen LogP contribution in [0, 0.1) is 0 Å². The van der Waals surface area contributed by atoms with Gasteiger partial charge in [-0.05, 0) is 24.1 Å². The number of fused-ring (bicyclic) bond motifs is 3. The Morgan fingerprint density at radius 3 is 2.46 bits per heavy atom. The maximum atomic E-state index is 12.5. The molecular formula is C22H22N2O3S. The van der Waals surface area contributed by atoms with E-state index in [1.807, 2.05) is 66.7 Å². The van der Waals surface area contributed by atoms with Gasteiger partial charge in [-0.1, -0.05) is 60.7 Å². The molecule has 0 saturated carbocycles. The number of hydrogen-bond acceptors (Lipinski definition) is 3. The summed E-state index contributed by atoms with van der Waals surface area (Å²) >= 11 is 0. The number of ether oxygens (including phenoxy) is 1. The third-order valence-electron chi connectivity index (χ3n) is 4.62. The van der Waals surface area contributed by atoms with E-state index in [9.17, 15) is 8.42 Å². The smallest absolute Gasteiger partial charge is 0.232 e. The predicted molar refractivity (Wildman–Crippen MR) is 114 cm³/mol. The molecule has 0 unspecified atom stereocenters. The van der Waals surface area contributed by atoms with Crippen molar-refractivity contribution in [1.29, 1.82) is 0 Å². The highest BCUT2D eigenvalue weighted by Gasteiger charge is 2.14. The van der Waals surface area contributed by atoms with Gasteiger partial charge in [-0.3, -0.25) is 4.72 Å². The predicted octanol–water partition coefficient (Wildman–Crippen LogP) is 4.67. The molecule has 4 aromatic rings. The fourth-order valence-electron chi connectivity index (χ4n) is 3.29. The molecule has 144 valence electrons. The number of H-pyrrole nitrogens is 1. The fraction of sp³-hybridized carbons (Fsp3) is 0.182. The molecule has 0 atom stereocenters. The minimum Gasteiger partial charge on any atom is -0.377 e. The van der Waals surface area contributed by atoms with Crippen LogP contribution < -0.4 is 4.72 Å². The summed E-state index contributed by atoms with van der Waals surface area (Å²) < 4.78 is 33.3. The van der Waals surface area contributed by atoms with Crippen LogP contribution >= 0.6 is 0 Å². The van der Waals surface area contributed by atoms with E-state index in [2.05, 4.69) is 9.71 Å². The largest absolute Gasteiger partial charge is 0.377 e. The quantitative estimate of drug-likeness (QED) is 0.427. The van der Waals surface area contributed by atoms with Crippen molar-refractivity contribution < 1.29 is 13.2 Å². The standard InChI is InChI=1S/C22H22N2O3S/c25-28(26,15-7-14-27-16-17-8-2-1-3-9-17)24-21-13-6-11-19-18-10-4-5-12-20(18)23-22(19)21/h1-6,8-13,23-24H,7,14-16H2. The summed E-state index contributed by atoms with van der Waals surface area (Å²) in [6.07, 6.45) is 0.435. The average Bonchev–Trinajstić information content (AvgIpc) is 3.08. The molecule has 0 bridgehead atoms. The monoisotopic (exact) mass is 394 g/mol. The lowest BCUT2D eigenvalue weighted by Gasteiger charge is -2.09. The van der Waals surface area contributed by atoms with Crippen LogP contribution in [0.15, 0.2) is 72.8 Å². The van der Waals surface area contributed by atoms with E-state index in [1.165, 1.54) is 0 Å². The van der Waals surface area contributed by atoms with Gasteiger partial charge in [-0.25, -0.2) is 8.42 Å². The number of hydrogen-bond donors (Lipinski definition) is 2. The molecule has 0 aliphatic heterocycles. The van der Waals surface area contributed by atoms with Crippen molar-refractivity contribution in [2.75, 3.05) is 17.1 Å². The highest BCUT2D eigenvalue weighted by molar-refractivity contribution is 7.92. The van der Waals surface area contributed by atoms with E-state index in [0.29, 0.717) is 25.3 Å². The van der Waals surface area contributed by atoms with Gasteiger partial charge in [-0.15, -0.1) is 0 Å². The highest BCUT2D eigenvalue weighted by atomic mass is 32.2. The van der Waals surface area contributed by atoms with E-state index in [1.54, 1.807) is 6.07 Å². The first-order valence-electron chi connectivity index (χ1n) is 9.24. The number of nitrogens with one attached hydrogen (secondary N) is 2. The molecule has 4 rings (SSSR count). The Labute approximate surface area is 164 Å². The number of anilines is 1. The van der Waals surface area contributed by atoms with Crippen LogP contribution in [0.25, 0.3) is 21.8 Å². The van der Waals surface area contributed by atoms with Crippen molar-refractivity contribution in [3.63, 3.8) is 0 Å². The minimum atomic E-state index is -3.46. The minimum absolute atomic E-state index is 0.0123. The molecule has 5 nitrogen and oxygen atoms in total. The van der Waals surface area contributed by atoms with Gasteiger partial charge in [0.2, 0.25) is 10.0 Å². The van der Waals surface area contributed by atoms with Crippen molar-refractivity contribution in [3.8, 4) is 0 Å². The first-order valence-corrected chi connectivity index (χ1v) is 10.9. The fourth-order valence-corrected chi connectivity index (χ4v) is 4.40. The molecule has 0 saturated heterocycles. The third-order valence-corrected chi connectivity index (χ3v) is 5.98. The number of benzene rings is 3. The zero-order valence-corrected chi connectivity index (χ0v) is 16.2. The summed E-state index contributed by atoms with van der Waals surface area (Å²) in [6, 6.07) is 23.4. The zero-order valence-electron chi connectivity index (χ0n) is 15.4. The number of sulfonamides is 1. The topological polar surface area (TPSA) is 71.2 Å². The van der Waals surface area contributed by atoms with Crippen molar-refractivity contribution >= 4 is 37.5 Å². The second-order valence-electron chi connectivity index (χ2n) is 6.71. The molecule has 2 N–H and O–H groups in total. The zero-order chi connectivity index (χ0) is 19.4. The molecule has 28 heavy (non-hydrogen) atoms. The summed E-state index contributed by atoms with van der Waals surface area (Å²) in [7, 11) is -3.46. The number of aromatic nitrogens is 1.